The number of unbranched alkanes of at least 4 members (excludes halogenated alkanes) is 8. The van der Waals surface area contributed by atoms with Gasteiger partial charge in [-0.05, 0) is 38.7 Å². The Balaban J connectivity index is 3.41. The first-order chi connectivity index (χ1) is 11.7. The van der Waals surface area contributed by atoms with Crippen LogP contribution in [0.4, 0.5) is 0 Å². The minimum Gasteiger partial charge on any atom is -0.466 e. The monoisotopic (exact) mass is 336 g/mol. The molecule has 0 aliphatic rings. The molecular weight excluding hydrogens is 300 g/mol. The van der Waals surface area contributed by atoms with Crippen molar-refractivity contribution in [3.63, 3.8) is 0 Å². The minimum atomic E-state index is -0.0886. The van der Waals surface area contributed by atoms with Gasteiger partial charge in [-0.15, -0.1) is 0 Å². The van der Waals surface area contributed by atoms with Crippen molar-refractivity contribution in [3.05, 3.63) is 24.3 Å². The molecule has 0 radical (unpaired) electrons. The van der Waals surface area contributed by atoms with E-state index < -0.39 is 0 Å². The summed E-state index contributed by atoms with van der Waals surface area (Å²) in [5.41, 5.74) is 0. The number of ketones is 1. The summed E-state index contributed by atoms with van der Waals surface area (Å²) in [4.78, 5) is 22.8. The summed E-state index contributed by atoms with van der Waals surface area (Å²) in [6, 6.07) is 0. The molecule has 0 aliphatic heterocycles. The van der Waals surface area contributed by atoms with Crippen LogP contribution >= 0.6 is 0 Å². The number of allylic oxidation sites excluding steroid dienone is 4. The van der Waals surface area contributed by atoms with Crippen LogP contribution in [0.5, 0.6) is 0 Å². The molecule has 0 saturated carbocycles. The van der Waals surface area contributed by atoms with Crippen molar-refractivity contribution in [1.29, 1.82) is 0 Å². The van der Waals surface area contributed by atoms with Crippen LogP contribution in [-0.4, -0.2) is 18.4 Å². The zero-order valence-corrected chi connectivity index (χ0v) is 15.7. The maximum atomic E-state index is 11.7. The van der Waals surface area contributed by atoms with Crippen LogP contribution in [0.3, 0.4) is 0 Å². The van der Waals surface area contributed by atoms with Gasteiger partial charge in [0.2, 0.25) is 0 Å². The van der Waals surface area contributed by atoms with Gasteiger partial charge in [0.05, 0.1) is 6.61 Å². The van der Waals surface area contributed by atoms with E-state index in [2.05, 4.69) is 13.0 Å². The van der Waals surface area contributed by atoms with Crippen molar-refractivity contribution < 1.29 is 14.3 Å². The van der Waals surface area contributed by atoms with E-state index in [0.717, 1.165) is 44.9 Å². The smallest absolute Gasteiger partial charge is 0.305 e. The lowest BCUT2D eigenvalue weighted by molar-refractivity contribution is -0.143. The molecule has 0 atom stereocenters. The van der Waals surface area contributed by atoms with Crippen molar-refractivity contribution in [2.24, 2.45) is 0 Å². The van der Waals surface area contributed by atoms with Crippen LogP contribution in [0.25, 0.3) is 0 Å². The first-order valence-electron chi connectivity index (χ1n) is 9.72. The first kappa shape index (κ1) is 22.6. The van der Waals surface area contributed by atoms with Crippen LogP contribution in [0.15, 0.2) is 24.3 Å². The fourth-order valence-corrected chi connectivity index (χ4v) is 2.44. The van der Waals surface area contributed by atoms with E-state index in [-0.39, 0.29) is 11.8 Å². The second kappa shape index (κ2) is 18.0. The Morgan fingerprint density at radius 3 is 2.12 bits per heavy atom. The van der Waals surface area contributed by atoms with Gasteiger partial charge in [-0.1, -0.05) is 63.7 Å². The number of hydrogen-bond donors (Lipinski definition) is 0. The maximum absolute atomic E-state index is 11.7. The van der Waals surface area contributed by atoms with Gasteiger partial charge in [0.25, 0.3) is 0 Å². The van der Waals surface area contributed by atoms with Crippen LogP contribution < -0.4 is 0 Å². The largest absolute Gasteiger partial charge is 0.466 e. The van der Waals surface area contributed by atoms with E-state index >= 15 is 0 Å². The zero-order valence-electron chi connectivity index (χ0n) is 15.7. The third-order valence-corrected chi connectivity index (χ3v) is 3.86. The molecule has 0 saturated heterocycles. The van der Waals surface area contributed by atoms with Gasteiger partial charge in [0.15, 0.2) is 5.78 Å². The number of rotatable bonds is 16. The lowest BCUT2D eigenvalue weighted by Crippen LogP contribution is -2.03. The fourth-order valence-electron chi connectivity index (χ4n) is 2.44. The molecule has 0 fully saturated rings. The van der Waals surface area contributed by atoms with Gasteiger partial charge in [-0.25, -0.2) is 0 Å². The molecule has 0 spiro atoms. The Morgan fingerprint density at radius 2 is 1.46 bits per heavy atom. The van der Waals surface area contributed by atoms with E-state index in [1.807, 2.05) is 19.1 Å². The Kier molecular flexibility index (Phi) is 16.9. The molecule has 0 aliphatic carbocycles. The highest BCUT2D eigenvalue weighted by Gasteiger charge is 2.01. The van der Waals surface area contributed by atoms with Crippen LogP contribution in [0.2, 0.25) is 0 Å². The summed E-state index contributed by atoms with van der Waals surface area (Å²) in [7, 11) is 0. The molecule has 0 N–H and O–H groups in total. The van der Waals surface area contributed by atoms with Crippen molar-refractivity contribution >= 4 is 11.8 Å². The molecule has 0 unspecified atom stereocenters. The molecule has 0 aromatic carbocycles. The third kappa shape index (κ3) is 17.0. The summed E-state index contributed by atoms with van der Waals surface area (Å²) >= 11 is 0. The summed E-state index contributed by atoms with van der Waals surface area (Å²) in [5.74, 6) is 0.129. The SMILES string of the molecule is CCCCCC=CC=CC(=O)CCCCCCCCC(=O)OCC. The third-order valence-electron chi connectivity index (χ3n) is 3.86. The van der Waals surface area contributed by atoms with Gasteiger partial charge in [-0.3, -0.25) is 9.59 Å². The average Bonchev–Trinajstić information content (AvgIpc) is 2.56. The highest BCUT2D eigenvalue weighted by atomic mass is 16.5. The zero-order chi connectivity index (χ0) is 17.9. The molecule has 0 heterocycles. The summed E-state index contributed by atoms with van der Waals surface area (Å²) in [6.45, 7) is 4.50. The number of carbonyl (C=O) groups excluding carboxylic acids is 2. The quantitative estimate of drug-likeness (QED) is 0.152. The van der Waals surface area contributed by atoms with Crippen molar-refractivity contribution in [1.82, 2.24) is 0 Å². The summed E-state index contributed by atoms with van der Waals surface area (Å²) in [5, 5.41) is 0. The van der Waals surface area contributed by atoms with Gasteiger partial charge < -0.3 is 4.74 Å². The second-order valence-electron chi connectivity index (χ2n) is 6.18. The van der Waals surface area contributed by atoms with E-state index in [9.17, 15) is 9.59 Å². The molecule has 3 nitrogen and oxygen atoms in total. The van der Waals surface area contributed by atoms with E-state index in [0.29, 0.717) is 19.4 Å². The molecule has 0 rings (SSSR count). The van der Waals surface area contributed by atoms with Crippen molar-refractivity contribution in [2.75, 3.05) is 6.61 Å². The topological polar surface area (TPSA) is 43.4 Å². The maximum Gasteiger partial charge on any atom is 0.305 e. The second-order valence-corrected chi connectivity index (χ2v) is 6.18. The standard InChI is InChI=1S/C21H36O3/c1-3-5-6-7-8-11-14-17-20(22)18-15-12-9-10-13-16-19-21(23)24-4-2/h8,11,14,17H,3-7,9-10,12-13,15-16,18-19H2,1-2H3. The van der Waals surface area contributed by atoms with Gasteiger partial charge >= 0.3 is 5.97 Å². The number of carbonyl (C=O) groups is 2. The van der Waals surface area contributed by atoms with Crippen LogP contribution in [0.1, 0.15) is 90.9 Å². The van der Waals surface area contributed by atoms with E-state index in [1.165, 1.54) is 19.3 Å². The normalized spacial score (nSPS) is 11.4. The molecule has 138 valence electrons. The summed E-state index contributed by atoms with van der Waals surface area (Å²) in [6.07, 6.45) is 20.0. The minimum absolute atomic E-state index is 0.0886. The van der Waals surface area contributed by atoms with Gasteiger partial charge in [0, 0.05) is 12.8 Å². The van der Waals surface area contributed by atoms with Crippen molar-refractivity contribution in [3.8, 4) is 0 Å². The predicted molar refractivity (Wildman–Crippen MR) is 101 cm³/mol. The molecular formula is C21H36O3. The molecule has 3 heteroatoms. The molecule has 24 heavy (non-hydrogen) atoms. The highest BCUT2D eigenvalue weighted by Crippen LogP contribution is 2.09. The molecule has 0 bridgehead atoms. The molecule has 0 aromatic rings. The van der Waals surface area contributed by atoms with E-state index in [1.54, 1.807) is 6.08 Å². The first-order valence-corrected chi connectivity index (χ1v) is 9.72. The van der Waals surface area contributed by atoms with Crippen LogP contribution in [0, 0.1) is 0 Å². The van der Waals surface area contributed by atoms with Crippen molar-refractivity contribution in [2.45, 2.75) is 90.9 Å². The van der Waals surface area contributed by atoms with E-state index in [4.69, 9.17) is 4.74 Å². The number of hydrogen-bond acceptors (Lipinski definition) is 3. The Morgan fingerprint density at radius 1 is 0.792 bits per heavy atom. The van der Waals surface area contributed by atoms with Crippen LogP contribution in [-0.2, 0) is 14.3 Å². The summed E-state index contributed by atoms with van der Waals surface area (Å²) < 4.78 is 4.89. The Hall–Kier alpha value is -1.38. The lowest BCUT2D eigenvalue weighted by atomic mass is 10.1. The lowest BCUT2D eigenvalue weighted by Gasteiger charge is -2.02. The predicted octanol–water partition coefficient (Wildman–Crippen LogP) is 5.93. The number of ether oxygens (including phenoxy) is 1. The highest BCUT2D eigenvalue weighted by molar-refractivity contribution is 5.89. The Bertz CT molecular complexity index is 369. The fraction of sp³-hybridized carbons (Fsp3) is 0.714. The van der Waals surface area contributed by atoms with Gasteiger partial charge in [0.1, 0.15) is 0 Å². The average molecular weight is 337 g/mol. The molecule has 0 aromatic heterocycles. The number of esters is 1. The molecule has 0 amide bonds. The Labute approximate surface area is 148 Å². The van der Waals surface area contributed by atoms with Gasteiger partial charge in [-0.2, -0.15) is 0 Å².